The number of carbonyl (C=O) groups is 1. The van der Waals surface area contributed by atoms with Gasteiger partial charge in [0.2, 0.25) is 0 Å². The van der Waals surface area contributed by atoms with Gasteiger partial charge in [0.25, 0.3) is 5.91 Å². The summed E-state index contributed by atoms with van der Waals surface area (Å²) in [5.74, 6) is 0.600. The first-order valence-corrected chi connectivity index (χ1v) is 9.20. The standard InChI is InChI=1S/C20H19ClN4O2/c21-16-6-8-18(9-7-16)27-14-20(26)24-11-10-17(12-24)25-13-19(22-23-25)15-4-2-1-3-5-15/h1-9,13,17H,10-12,14H2. The highest BCUT2D eigenvalue weighted by Crippen LogP contribution is 2.24. The maximum atomic E-state index is 12.4. The van der Waals surface area contributed by atoms with Crippen LogP contribution in [0.5, 0.6) is 5.75 Å². The normalized spacial score (nSPS) is 16.5. The quantitative estimate of drug-likeness (QED) is 0.678. The van der Waals surface area contributed by atoms with Crippen molar-refractivity contribution >= 4 is 17.5 Å². The molecule has 138 valence electrons. The minimum atomic E-state index is -0.0316. The maximum absolute atomic E-state index is 12.4. The molecule has 7 heteroatoms. The molecule has 2 aromatic carbocycles. The second kappa shape index (κ2) is 7.80. The van der Waals surface area contributed by atoms with Crippen molar-refractivity contribution in [1.82, 2.24) is 19.9 Å². The van der Waals surface area contributed by atoms with Gasteiger partial charge in [-0.2, -0.15) is 0 Å². The Morgan fingerprint density at radius 1 is 1.15 bits per heavy atom. The zero-order valence-corrected chi connectivity index (χ0v) is 15.4. The predicted molar refractivity (Wildman–Crippen MR) is 103 cm³/mol. The molecule has 1 saturated heterocycles. The number of hydrogen-bond donors (Lipinski definition) is 0. The molecule has 2 heterocycles. The van der Waals surface area contributed by atoms with Gasteiger partial charge in [0.05, 0.1) is 12.2 Å². The number of benzene rings is 2. The van der Waals surface area contributed by atoms with Gasteiger partial charge in [-0.15, -0.1) is 5.10 Å². The Kier molecular flexibility index (Phi) is 5.07. The van der Waals surface area contributed by atoms with E-state index in [1.54, 1.807) is 24.3 Å². The van der Waals surface area contributed by atoms with E-state index in [9.17, 15) is 4.79 Å². The lowest BCUT2D eigenvalue weighted by Crippen LogP contribution is -2.33. The van der Waals surface area contributed by atoms with Crippen LogP contribution < -0.4 is 4.74 Å². The first kappa shape index (κ1) is 17.5. The highest BCUT2D eigenvalue weighted by atomic mass is 35.5. The molecule has 1 aliphatic heterocycles. The van der Waals surface area contributed by atoms with E-state index in [-0.39, 0.29) is 18.6 Å². The Bertz CT molecular complexity index is 911. The lowest BCUT2D eigenvalue weighted by Gasteiger charge is -2.16. The summed E-state index contributed by atoms with van der Waals surface area (Å²) in [7, 11) is 0. The Morgan fingerprint density at radius 3 is 2.70 bits per heavy atom. The van der Waals surface area contributed by atoms with Crippen LogP contribution >= 0.6 is 11.6 Å². The first-order valence-electron chi connectivity index (χ1n) is 8.82. The lowest BCUT2D eigenvalue weighted by atomic mass is 10.2. The third-order valence-electron chi connectivity index (χ3n) is 4.65. The fourth-order valence-corrected chi connectivity index (χ4v) is 3.27. The molecule has 0 N–H and O–H groups in total. The highest BCUT2D eigenvalue weighted by Gasteiger charge is 2.28. The number of ether oxygens (including phenoxy) is 1. The van der Waals surface area contributed by atoms with Crippen molar-refractivity contribution in [2.75, 3.05) is 19.7 Å². The molecule has 1 aliphatic rings. The Labute approximate surface area is 162 Å². The van der Waals surface area contributed by atoms with Crippen molar-refractivity contribution < 1.29 is 9.53 Å². The van der Waals surface area contributed by atoms with Gasteiger partial charge in [-0.25, -0.2) is 4.68 Å². The van der Waals surface area contributed by atoms with Crippen LogP contribution in [0, 0.1) is 0 Å². The van der Waals surface area contributed by atoms with Crippen molar-refractivity contribution in [3.63, 3.8) is 0 Å². The molecule has 0 spiro atoms. The average Bonchev–Trinajstić information content (AvgIpc) is 3.37. The van der Waals surface area contributed by atoms with E-state index in [1.807, 2.05) is 46.1 Å². The van der Waals surface area contributed by atoms with Crippen LogP contribution in [0.1, 0.15) is 12.5 Å². The second-order valence-electron chi connectivity index (χ2n) is 6.47. The second-order valence-corrected chi connectivity index (χ2v) is 6.91. The molecule has 1 fully saturated rings. The SMILES string of the molecule is O=C(COc1ccc(Cl)cc1)N1CCC(n2cc(-c3ccccc3)nn2)C1. The van der Waals surface area contributed by atoms with Gasteiger partial charge in [0.1, 0.15) is 11.4 Å². The fraction of sp³-hybridized carbons (Fsp3) is 0.250. The van der Waals surface area contributed by atoms with Crippen molar-refractivity contribution in [3.8, 4) is 17.0 Å². The molecule has 0 radical (unpaired) electrons. The number of likely N-dealkylation sites (tertiary alicyclic amines) is 1. The smallest absolute Gasteiger partial charge is 0.260 e. The van der Waals surface area contributed by atoms with E-state index in [2.05, 4.69) is 10.3 Å². The van der Waals surface area contributed by atoms with Gasteiger partial charge >= 0.3 is 0 Å². The molecular weight excluding hydrogens is 364 g/mol. The van der Waals surface area contributed by atoms with Gasteiger partial charge in [0.15, 0.2) is 6.61 Å². The topological polar surface area (TPSA) is 60.2 Å². The zero-order valence-electron chi connectivity index (χ0n) is 14.7. The third-order valence-corrected chi connectivity index (χ3v) is 4.90. The van der Waals surface area contributed by atoms with Gasteiger partial charge in [-0.05, 0) is 30.7 Å². The number of amides is 1. The zero-order chi connectivity index (χ0) is 18.6. The minimum Gasteiger partial charge on any atom is -0.484 e. The molecule has 0 bridgehead atoms. The average molecular weight is 383 g/mol. The monoisotopic (exact) mass is 382 g/mol. The van der Waals surface area contributed by atoms with Crippen LogP contribution in [-0.2, 0) is 4.79 Å². The van der Waals surface area contributed by atoms with Crippen LogP contribution in [0.4, 0.5) is 0 Å². The molecule has 0 aliphatic carbocycles. The summed E-state index contributed by atoms with van der Waals surface area (Å²) in [5.41, 5.74) is 1.87. The summed E-state index contributed by atoms with van der Waals surface area (Å²) in [4.78, 5) is 14.2. The van der Waals surface area contributed by atoms with E-state index in [0.29, 0.717) is 23.9 Å². The number of carbonyl (C=O) groups excluding carboxylic acids is 1. The summed E-state index contributed by atoms with van der Waals surface area (Å²) < 4.78 is 7.41. The van der Waals surface area contributed by atoms with Gasteiger partial charge in [-0.3, -0.25) is 4.79 Å². The molecule has 1 aromatic heterocycles. The van der Waals surface area contributed by atoms with Crippen molar-refractivity contribution in [2.24, 2.45) is 0 Å². The van der Waals surface area contributed by atoms with Crippen molar-refractivity contribution in [1.29, 1.82) is 0 Å². The third kappa shape index (κ3) is 4.11. The molecule has 1 amide bonds. The number of hydrogen-bond acceptors (Lipinski definition) is 4. The number of halogens is 1. The Hall–Kier alpha value is -2.86. The van der Waals surface area contributed by atoms with Gasteiger partial charge in [-0.1, -0.05) is 47.1 Å². The molecule has 0 saturated carbocycles. The molecule has 1 atom stereocenters. The summed E-state index contributed by atoms with van der Waals surface area (Å²) in [5, 5.41) is 9.15. The van der Waals surface area contributed by atoms with E-state index in [4.69, 9.17) is 16.3 Å². The van der Waals surface area contributed by atoms with Crippen LogP contribution in [0.3, 0.4) is 0 Å². The van der Waals surface area contributed by atoms with Crippen molar-refractivity contribution in [3.05, 3.63) is 65.8 Å². The number of aromatic nitrogens is 3. The maximum Gasteiger partial charge on any atom is 0.260 e. The summed E-state index contributed by atoms with van der Waals surface area (Å²) in [6.07, 6.45) is 2.79. The van der Waals surface area contributed by atoms with Crippen LogP contribution in [0.15, 0.2) is 60.8 Å². The summed E-state index contributed by atoms with van der Waals surface area (Å²) >= 11 is 5.85. The molecular formula is C20H19ClN4O2. The lowest BCUT2D eigenvalue weighted by molar-refractivity contribution is -0.132. The van der Waals surface area contributed by atoms with Crippen LogP contribution in [-0.4, -0.2) is 45.5 Å². The first-order chi connectivity index (χ1) is 13.2. The fourth-order valence-electron chi connectivity index (χ4n) is 3.15. The Balaban J connectivity index is 1.34. The largest absolute Gasteiger partial charge is 0.484 e. The van der Waals surface area contributed by atoms with E-state index in [1.165, 1.54) is 0 Å². The highest BCUT2D eigenvalue weighted by molar-refractivity contribution is 6.30. The van der Waals surface area contributed by atoms with Crippen molar-refractivity contribution in [2.45, 2.75) is 12.5 Å². The predicted octanol–water partition coefficient (Wildman–Crippen LogP) is 3.45. The number of rotatable bonds is 5. The Morgan fingerprint density at radius 2 is 1.93 bits per heavy atom. The molecule has 3 aromatic rings. The van der Waals surface area contributed by atoms with Crippen LogP contribution in [0.25, 0.3) is 11.3 Å². The molecule has 4 rings (SSSR count). The van der Waals surface area contributed by atoms with Gasteiger partial charge in [0, 0.05) is 23.7 Å². The van der Waals surface area contributed by atoms with Gasteiger partial charge < -0.3 is 9.64 Å². The minimum absolute atomic E-state index is 0.0149. The molecule has 6 nitrogen and oxygen atoms in total. The van der Waals surface area contributed by atoms with Crippen LogP contribution in [0.2, 0.25) is 5.02 Å². The summed E-state index contributed by atoms with van der Waals surface area (Å²) in [6.45, 7) is 1.31. The molecule has 1 unspecified atom stereocenters. The number of nitrogens with zero attached hydrogens (tertiary/aromatic N) is 4. The van der Waals surface area contributed by atoms with E-state index < -0.39 is 0 Å². The van der Waals surface area contributed by atoms with E-state index in [0.717, 1.165) is 17.7 Å². The summed E-state index contributed by atoms with van der Waals surface area (Å²) in [6, 6.07) is 17.1. The molecule has 27 heavy (non-hydrogen) atoms. The van der Waals surface area contributed by atoms with E-state index >= 15 is 0 Å².